The van der Waals surface area contributed by atoms with Crippen molar-refractivity contribution in [2.24, 2.45) is 0 Å². The van der Waals surface area contributed by atoms with Gasteiger partial charge in [0.2, 0.25) is 5.91 Å². The molecule has 0 spiro atoms. The van der Waals surface area contributed by atoms with Crippen molar-refractivity contribution in [3.8, 4) is 0 Å². The number of hydrogen-bond donors (Lipinski definition) is 6. The Balaban J connectivity index is 2.04. The van der Waals surface area contributed by atoms with Gasteiger partial charge >= 0.3 is 0 Å². The third-order valence-corrected chi connectivity index (χ3v) is 11.7. The highest BCUT2D eigenvalue weighted by Gasteiger charge is 2.44. The molecule has 9 heteroatoms. The van der Waals surface area contributed by atoms with Gasteiger partial charge in [-0.15, -0.1) is 0 Å². The fraction of sp³-hybridized carbons (Fsp3) is 0.696. The Labute approximate surface area is 396 Å². The van der Waals surface area contributed by atoms with E-state index in [2.05, 4.69) is 116 Å². The highest BCUT2D eigenvalue weighted by atomic mass is 16.7. The van der Waals surface area contributed by atoms with Crippen molar-refractivity contribution in [2.75, 3.05) is 13.2 Å². The van der Waals surface area contributed by atoms with Crippen molar-refractivity contribution >= 4 is 5.91 Å². The van der Waals surface area contributed by atoms with Crippen LogP contribution < -0.4 is 5.32 Å². The minimum absolute atomic E-state index is 0.145. The van der Waals surface area contributed by atoms with E-state index in [1.54, 1.807) is 0 Å². The van der Waals surface area contributed by atoms with E-state index in [1.807, 2.05) is 0 Å². The Morgan fingerprint density at radius 2 is 0.954 bits per heavy atom. The Morgan fingerprint density at radius 1 is 0.538 bits per heavy atom. The van der Waals surface area contributed by atoms with Gasteiger partial charge in [-0.3, -0.25) is 4.79 Å². The molecule has 7 unspecified atom stereocenters. The fourth-order valence-corrected chi connectivity index (χ4v) is 7.59. The van der Waals surface area contributed by atoms with Gasteiger partial charge in [-0.05, 0) is 77.0 Å². The molecule has 1 aliphatic rings. The third-order valence-electron chi connectivity index (χ3n) is 11.7. The Hall–Kier alpha value is -2.89. The third kappa shape index (κ3) is 35.0. The van der Waals surface area contributed by atoms with Gasteiger partial charge < -0.3 is 40.3 Å². The van der Waals surface area contributed by atoms with E-state index in [0.717, 1.165) is 103 Å². The number of unbranched alkanes of at least 4 members (excludes halogenated alkanes) is 16. The first-order chi connectivity index (χ1) is 31.8. The summed E-state index contributed by atoms with van der Waals surface area (Å²) in [6.07, 6.45) is 57.8. The zero-order valence-corrected chi connectivity index (χ0v) is 41.0. The van der Waals surface area contributed by atoms with Crippen LogP contribution >= 0.6 is 0 Å². The van der Waals surface area contributed by atoms with E-state index >= 15 is 0 Å². The van der Waals surface area contributed by atoms with Crippen molar-refractivity contribution < 1.29 is 39.8 Å². The zero-order chi connectivity index (χ0) is 47.3. The summed E-state index contributed by atoms with van der Waals surface area (Å²) in [5.74, 6) is -0.158. The summed E-state index contributed by atoms with van der Waals surface area (Å²) in [4.78, 5) is 12.9. The molecular formula is C56H95NO8. The van der Waals surface area contributed by atoms with Crippen LogP contribution in [0.15, 0.2) is 97.2 Å². The first-order valence-corrected chi connectivity index (χ1v) is 25.9. The molecule has 6 N–H and O–H groups in total. The topological polar surface area (TPSA) is 149 Å². The van der Waals surface area contributed by atoms with Gasteiger partial charge in [-0.25, -0.2) is 0 Å². The molecule has 0 radical (unpaired) electrons. The first kappa shape index (κ1) is 60.1. The van der Waals surface area contributed by atoms with Crippen molar-refractivity contribution in [1.82, 2.24) is 5.32 Å². The molecule has 1 heterocycles. The Morgan fingerprint density at radius 3 is 1.42 bits per heavy atom. The molecule has 0 aromatic heterocycles. The van der Waals surface area contributed by atoms with Crippen molar-refractivity contribution in [3.05, 3.63) is 97.2 Å². The standard InChI is InChI=1S/C56H95NO8/c1-3-5-7-9-10-11-12-13-14-15-16-17-18-19-20-21-22-23-24-25-26-27-28-29-30-31-32-33-34-35-36-37-38-39-40-42-44-46-52(60)57-49(50(59)45-43-41-8-6-4-2)48-64-56-55(63)54(62)53(61)51(47-58)65-56/h5,7,10-11,13-14,16-17,19-20,22-23,25-26,28-29,49-51,53-56,58-59,61-63H,3-4,6,8-9,12,15,18,21,24,27,30-48H2,1-2H3,(H,57,60)/b7-5-,11-10-,14-13-,17-16-,20-19-,23-22-,26-25-,29-28-. The molecular weight excluding hydrogens is 815 g/mol. The van der Waals surface area contributed by atoms with E-state index in [-0.39, 0.29) is 12.5 Å². The average Bonchev–Trinajstić information content (AvgIpc) is 3.31. The largest absolute Gasteiger partial charge is 0.394 e. The van der Waals surface area contributed by atoms with Crippen molar-refractivity contribution in [3.63, 3.8) is 0 Å². The molecule has 1 saturated heterocycles. The number of allylic oxidation sites excluding steroid dienone is 16. The molecule has 65 heavy (non-hydrogen) atoms. The van der Waals surface area contributed by atoms with E-state index < -0.39 is 49.5 Å². The number of ether oxygens (including phenoxy) is 2. The van der Waals surface area contributed by atoms with Crippen LogP contribution in [0.2, 0.25) is 0 Å². The molecule has 0 aliphatic carbocycles. The number of hydrogen-bond acceptors (Lipinski definition) is 8. The smallest absolute Gasteiger partial charge is 0.220 e. The van der Waals surface area contributed by atoms with Crippen LogP contribution in [-0.4, -0.2) is 87.5 Å². The lowest BCUT2D eigenvalue weighted by Gasteiger charge is -2.40. The molecule has 7 atom stereocenters. The minimum Gasteiger partial charge on any atom is -0.394 e. The Kier molecular flexibility index (Phi) is 41.6. The van der Waals surface area contributed by atoms with Gasteiger partial charge in [0.15, 0.2) is 6.29 Å². The summed E-state index contributed by atoms with van der Waals surface area (Å²) in [7, 11) is 0. The SMILES string of the molecule is CC/C=C\C/C=C\C/C=C\C/C=C\C/C=C\C/C=C\C/C=C\C/C=C\CCCCCCCCCCCCCCC(=O)NC(COC1OC(CO)C(O)C(O)C1O)C(O)CCCCCCC. The highest BCUT2D eigenvalue weighted by molar-refractivity contribution is 5.76. The van der Waals surface area contributed by atoms with Gasteiger partial charge in [-0.2, -0.15) is 0 Å². The maximum Gasteiger partial charge on any atom is 0.220 e. The van der Waals surface area contributed by atoms with Gasteiger partial charge in [0.1, 0.15) is 24.4 Å². The van der Waals surface area contributed by atoms with Crippen LogP contribution in [0, 0.1) is 0 Å². The van der Waals surface area contributed by atoms with Gasteiger partial charge in [0, 0.05) is 6.42 Å². The molecule has 0 aromatic carbocycles. The van der Waals surface area contributed by atoms with E-state index in [0.29, 0.717) is 12.8 Å². The average molecular weight is 910 g/mol. The normalized spacial score (nSPS) is 20.8. The number of aliphatic hydroxyl groups is 5. The van der Waals surface area contributed by atoms with Gasteiger partial charge in [0.05, 0.1) is 25.4 Å². The number of nitrogens with one attached hydrogen (secondary N) is 1. The van der Waals surface area contributed by atoms with E-state index in [9.17, 15) is 30.3 Å². The lowest BCUT2D eigenvalue weighted by Crippen LogP contribution is -2.60. The van der Waals surface area contributed by atoms with Crippen LogP contribution in [0.25, 0.3) is 0 Å². The zero-order valence-electron chi connectivity index (χ0n) is 41.0. The summed E-state index contributed by atoms with van der Waals surface area (Å²) in [5, 5.41) is 53.9. The molecule has 0 aromatic rings. The molecule has 1 aliphatic heterocycles. The maximum absolute atomic E-state index is 12.9. The number of amides is 1. The van der Waals surface area contributed by atoms with Crippen LogP contribution in [0.3, 0.4) is 0 Å². The van der Waals surface area contributed by atoms with E-state index in [1.165, 1.54) is 64.2 Å². The van der Waals surface area contributed by atoms with Crippen LogP contribution in [-0.2, 0) is 14.3 Å². The van der Waals surface area contributed by atoms with Gasteiger partial charge in [0.25, 0.3) is 0 Å². The van der Waals surface area contributed by atoms with Crippen LogP contribution in [0.1, 0.15) is 194 Å². The van der Waals surface area contributed by atoms with E-state index in [4.69, 9.17) is 9.47 Å². The number of carbonyl (C=O) groups excluding carboxylic acids is 1. The molecule has 1 amide bonds. The predicted octanol–water partition coefficient (Wildman–Crippen LogP) is 12.1. The number of carbonyl (C=O) groups is 1. The quantitative estimate of drug-likeness (QED) is 0.0262. The summed E-state index contributed by atoms with van der Waals surface area (Å²) in [6.45, 7) is 3.61. The summed E-state index contributed by atoms with van der Waals surface area (Å²) in [5.41, 5.74) is 0. The minimum atomic E-state index is -1.55. The summed E-state index contributed by atoms with van der Waals surface area (Å²) in [6, 6.07) is -0.721. The lowest BCUT2D eigenvalue weighted by atomic mass is 9.99. The fourth-order valence-electron chi connectivity index (χ4n) is 7.59. The summed E-state index contributed by atoms with van der Waals surface area (Å²) < 4.78 is 11.2. The highest BCUT2D eigenvalue weighted by Crippen LogP contribution is 2.23. The molecule has 1 rings (SSSR count). The number of aliphatic hydroxyl groups excluding tert-OH is 5. The second-order valence-corrected chi connectivity index (χ2v) is 17.6. The molecule has 0 saturated carbocycles. The molecule has 1 fully saturated rings. The molecule has 0 bridgehead atoms. The second-order valence-electron chi connectivity index (χ2n) is 17.6. The van der Waals surface area contributed by atoms with Crippen LogP contribution in [0.4, 0.5) is 0 Å². The maximum atomic E-state index is 12.9. The molecule has 372 valence electrons. The van der Waals surface area contributed by atoms with Gasteiger partial charge in [-0.1, -0.05) is 207 Å². The number of rotatable bonds is 42. The van der Waals surface area contributed by atoms with Crippen LogP contribution in [0.5, 0.6) is 0 Å². The first-order valence-electron chi connectivity index (χ1n) is 25.9. The predicted molar refractivity (Wildman–Crippen MR) is 271 cm³/mol. The summed E-state index contributed by atoms with van der Waals surface area (Å²) >= 11 is 0. The van der Waals surface area contributed by atoms with Crippen molar-refractivity contribution in [2.45, 2.75) is 236 Å². The molecule has 9 nitrogen and oxygen atoms in total. The Bertz CT molecular complexity index is 1330. The monoisotopic (exact) mass is 910 g/mol. The van der Waals surface area contributed by atoms with Crippen molar-refractivity contribution in [1.29, 1.82) is 0 Å². The lowest BCUT2D eigenvalue weighted by molar-refractivity contribution is -0.302. The second kappa shape index (κ2) is 44.9.